The molecule has 0 aromatic carbocycles. The summed E-state index contributed by atoms with van der Waals surface area (Å²) in [6, 6.07) is 0.293. The quantitative estimate of drug-likeness (QED) is 0.865. The van der Waals surface area contributed by atoms with Crippen LogP contribution in [-0.2, 0) is 4.74 Å². The van der Waals surface area contributed by atoms with Gasteiger partial charge in [-0.3, -0.25) is 0 Å². The zero-order valence-corrected chi connectivity index (χ0v) is 14.7. The van der Waals surface area contributed by atoms with Gasteiger partial charge in [0, 0.05) is 19.1 Å². The molecular weight excluding hydrogens is 278 g/mol. The van der Waals surface area contributed by atoms with E-state index in [0.29, 0.717) is 6.04 Å². The highest BCUT2D eigenvalue weighted by atomic mass is 16.6. The predicted molar refractivity (Wildman–Crippen MR) is 89.1 cm³/mol. The van der Waals surface area contributed by atoms with E-state index >= 15 is 0 Å². The lowest BCUT2D eigenvalue weighted by molar-refractivity contribution is 0.0225. The number of carbonyl (C=O) groups excluding carboxylic acids is 1. The van der Waals surface area contributed by atoms with Crippen molar-refractivity contribution in [1.82, 2.24) is 15.1 Å². The Balaban J connectivity index is 1.71. The second-order valence-corrected chi connectivity index (χ2v) is 7.87. The maximum Gasteiger partial charge on any atom is 0.410 e. The topological polar surface area (TPSA) is 44.8 Å². The van der Waals surface area contributed by atoms with Gasteiger partial charge in [0.05, 0.1) is 0 Å². The number of nitrogens with one attached hydrogen (secondary N) is 1. The summed E-state index contributed by atoms with van der Waals surface area (Å²) in [4.78, 5) is 16.6. The van der Waals surface area contributed by atoms with Crippen molar-refractivity contribution >= 4 is 6.09 Å². The molecule has 0 spiro atoms. The number of ether oxygens (including phenoxy) is 1. The minimum absolute atomic E-state index is 0.156. The molecular formula is C17H33N3O2. The fourth-order valence-corrected chi connectivity index (χ4v) is 3.33. The summed E-state index contributed by atoms with van der Waals surface area (Å²) >= 11 is 0. The van der Waals surface area contributed by atoms with E-state index < -0.39 is 5.60 Å². The SMILES string of the molecule is CN1CCC(CNCC2CCCN2C(=O)OC(C)(C)C)CC1. The average molecular weight is 311 g/mol. The van der Waals surface area contributed by atoms with Crippen LogP contribution in [0.4, 0.5) is 4.79 Å². The molecule has 1 N–H and O–H groups in total. The molecule has 0 aromatic rings. The normalized spacial score (nSPS) is 24.7. The zero-order chi connectivity index (χ0) is 16.2. The molecule has 2 heterocycles. The molecule has 0 bridgehead atoms. The van der Waals surface area contributed by atoms with E-state index in [1.54, 1.807) is 0 Å². The lowest BCUT2D eigenvalue weighted by Crippen LogP contribution is -2.45. The van der Waals surface area contributed by atoms with E-state index in [4.69, 9.17) is 4.74 Å². The second-order valence-electron chi connectivity index (χ2n) is 7.87. The largest absolute Gasteiger partial charge is 0.444 e. The van der Waals surface area contributed by atoms with Gasteiger partial charge < -0.3 is 19.9 Å². The van der Waals surface area contributed by atoms with Crippen LogP contribution in [0.3, 0.4) is 0 Å². The lowest BCUT2D eigenvalue weighted by atomic mass is 9.97. The molecule has 0 aliphatic carbocycles. The zero-order valence-electron chi connectivity index (χ0n) is 14.7. The van der Waals surface area contributed by atoms with Gasteiger partial charge in [0.25, 0.3) is 0 Å². The Morgan fingerprint density at radius 2 is 1.82 bits per heavy atom. The molecule has 128 valence electrons. The summed E-state index contributed by atoms with van der Waals surface area (Å²) in [5.74, 6) is 0.785. The van der Waals surface area contributed by atoms with Crippen molar-refractivity contribution < 1.29 is 9.53 Å². The van der Waals surface area contributed by atoms with Crippen molar-refractivity contribution in [3.8, 4) is 0 Å². The predicted octanol–water partition coefficient (Wildman–Crippen LogP) is 2.32. The summed E-state index contributed by atoms with van der Waals surface area (Å²) in [5, 5.41) is 3.59. The van der Waals surface area contributed by atoms with Crippen LogP contribution in [0, 0.1) is 5.92 Å². The highest BCUT2D eigenvalue weighted by molar-refractivity contribution is 5.69. The molecule has 0 saturated carbocycles. The number of carbonyl (C=O) groups is 1. The monoisotopic (exact) mass is 311 g/mol. The first-order valence-electron chi connectivity index (χ1n) is 8.74. The van der Waals surface area contributed by atoms with Crippen LogP contribution < -0.4 is 5.32 Å². The number of hydrogen-bond donors (Lipinski definition) is 1. The van der Waals surface area contributed by atoms with Crippen LogP contribution in [0.5, 0.6) is 0 Å². The van der Waals surface area contributed by atoms with Crippen molar-refractivity contribution in [3.63, 3.8) is 0 Å². The minimum atomic E-state index is -0.411. The number of piperidine rings is 1. The van der Waals surface area contributed by atoms with E-state index in [2.05, 4.69) is 17.3 Å². The van der Waals surface area contributed by atoms with Crippen LogP contribution >= 0.6 is 0 Å². The summed E-state index contributed by atoms with van der Waals surface area (Å²) in [7, 11) is 2.20. The molecule has 2 fully saturated rings. The van der Waals surface area contributed by atoms with E-state index in [0.717, 1.165) is 38.4 Å². The highest BCUT2D eigenvalue weighted by Crippen LogP contribution is 2.21. The summed E-state index contributed by atoms with van der Waals surface area (Å²) < 4.78 is 5.51. The summed E-state index contributed by atoms with van der Waals surface area (Å²) in [5.41, 5.74) is -0.411. The molecule has 0 aromatic heterocycles. The number of hydrogen-bond acceptors (Lipinski definition) is 4. The average Bonchev–Trinajstić information content (AvgIpc) is 2.88. The van der Waals surface area contributed by atoms with Crippen molar-refractivity contribution in [3.05, 3.63) is 0 Å². The maximum absolute atomic E-state index is 12.2. The molecule has 2 rings (SSSR count). The third-order valence-corrected chi connectivity index (χ3v) is 4.66. The summed E-state index contributed by atoms with van der Waals surface area (Å²) in [6.45, 7) is 11.0. The van der Waals surface area contributed by atoms with Gasteiger partial charge in [0.15, 0.2) is 0 Å². The van der Waals surface area contributed by atoms with Crippen molar-refractivity contribution in [2.75, 3.05) is 39.8 Å². The van der Waals surface area contributed by atoms with Gasteiger partial charge in [0.1, 0.15) is 5.60 Å². The van der Waals surface area contributed by atoms with Gasteiger partial charge in [-0.25, -0.2) is 4.79 Å². The minimum Gasteiger partial charge on any atom is -0.444 e. The Bertz CT molecular complexity index is 359. The molecule has 2 saturated heterocycles. The molecule has 1 atom stereocenters. The standard InChI is InChI=1S/C17H33N3O2/c1-17(2,3)22-16(21)20-9-5-6-15(20)13-18-12-14-7-10-19(4)11-8-14/h14-15,18H,5-13H2,1-4H3. The maximum atomic E-state index is 12.2. The van der Waals surface area contributed by atoms with Gasteiger partial charge in [-0.15, -0.1) is 0 Å². The van der Waals surface area contributed by atoms with E-state index in [-0.39, 0.29) is 6.09 Å². The molecule has 1 amide bonds. The highest BCUT2D eigenvalue weighted by Gasteiger charge is 2.32. The Morgan fingerprint density at radius 1 is 1.14 bits per heavy atom. The molecule has 5 heteroatoms. The Hall–Kier alpha value is -0.810. The summed E-state index contributed by atoms with van der Waals surface area (Å²) in [6.07, 6.45) is 4.57. The van der Waals surface area contributed by atoms with Crippen molar-refractivity contribution in [1.29, 1.82) is 0 Å². The van der Waals surface area contributed by atoms with Gasteiger partial charge in [-0.2, -0.15) is 0 Å². The third kappa shape index (κ3) is 5.43. The molecule has 1 unspecified atom stereocenters. The molecule has 5 nitrogen and oxygen atoms in total. The van der Waals surface area contributed by atoms with Crippen LogP contribution in [0.25, 0.3) is 0 Å². The fraction of sp³-hybridized carbons (Fsp3) is 0.941. The van der Waals surface area contributed by atoms with E-state index in [9.17, 15) is 4.79 Å². The number of amides is 1. The smallest absolute Gasteiger partial charge is 0.410 e. The lowest BCUT2D eigenvalue weighted by Gasteiger charge is -2.31. The molecule has 2 aliphatic rings. The number of rotatable bonds is 4. The van der Waals surface area contributed by atoms with E-state index in [1.165, 1.54) is 25.9 Å². The number of nitrogens with zero attached hydrogens (tertiary/aromatic N) is 2. The van der Waals surface area contributed by atoms with Gasteiger partial charge >= 0.3 is 6.09 Å². The van der Waals surface area contributed by atoms with Gasteiger partial charge in [-0.1, -0.05) is 0 Å². The van der Waals surface area contributed by atoms with Crippen LogP contribution in [0.15, 0.2) is 0 Å². The first-order valence-corrected chi connectivity index (χ1v) is 8.74. The fourth-order valence-electron chi connectivity index (χ4n) is 3.33. The van der Waals surface area contributed by atoms with Crippen molar-refractivity contribution in [2.45, 2.75) is 58.1 Å². The molecule has 22 heavy (non-hydrogen) atoms. The van der Waals surface area contributed by atoms with Crippen LogP contribution in [0.1, 0.15) is 46.5 Å². The van der Waals surface area contributed by atoms with Gasteiger partial charge in [-0.05, 0) is 79.1 Å². The third-order valence-electron chi connectivity index (χ3n) is 4.66. The Kier molecular flexibility index (Phi) is 6.09. The van der Waals surface area contributed by atoms with Crippen LogP contribution in [0.2, 0.25) is 0 Å². The van der Waals surface area contributed by atoms with Crippen LogP contribution in [-0.4, -0.2) is 67.3 Å². The second kappa shape index (κ2) is 7.64. The Morgan fingerprint density at radius 3 is 2.45 bits per heavy atom. The number of likely N-dealkylation sites (tertiary alicyclic amines) is 2. The van der Waals surface area contributed by atoms with E-state index in [1.807, 2.05) is 25.7 Å². The first kappa shape index (κ1) is 17.5. The van der Waals surface area contributed by atoms with Crippen molar-refractivity contribution in [2.24, 2.45) is 5.92 Å². The first-order chi connectivity index (χ1) is 10.3. The molecule has 0 radical (unpaired) electrons. The molecule has 2 aliphatic heterocycles. The Labute approximate surface area is 135 Å². The van der Waals surface area contributed by atoms with Gasteiger partial charge in [0.2, 0.25) is 0 Å².